The fourth-order valence-electron chi connectivity index (χ4n) is 3.28. The monoisotopic (exact) mass is 380 g/mol. The number of nitrogens with zero attached hydrogens (tertiary/aromatic N) is 2. The van der Waals surface area contributed by atoms with Gasteiger partial charge in [-0.15, -0.1) is 12.4 Å². The van der Waals surface area contributed by atoms with Crippen molar-refractivity contribution < 1.29 is 9.32 Å². The summed E-state index contributed by atoms with van der Waals surface area (Å²) < 4.78 is 5.45. The lowest BCUT2D eigenvalue weighted by molar-refractivity contribution is 0.0896. The molecule has 1 aliphatic carbocycles. The second-order valence-corrected chi connectivity index (χ2v) is 7.07. The van der Waals surface area contributed by atoms with Gasteiger partial charge in [-0.2, -0.15) is 0 Å². The zero-order valence-corrected chi connectivity index (χ0v) is 16.6. The van der Waals surface area contributed by atoms with Crippen LogP contribution in [0.25, 0.3) is 11.1 Å². The lowest BCUT2D eigenvalue weighted by atomic mass is 9.92. The molecule has 26 heavy (non-hydrogen) atoms. The van der Waals surface area contributed by atoms with Gasteiger partial charge in [0.25, 0.3) is 11.6 Å². The average Bonchev–Trinajstić information content (AvgIpc) is 3.41. The fraction of sp³-hybridized carbons (Fsp3) is 0.632. The number of hydrogen-bond acceptors (Lipinski definition) is 5. The summed E-state index contributed by atoms with van der Waals surface area (Å²) in [6.45, 7) is 6.60. The van der Waals surface area contributed by atoms with Crippen LogP contribution in [-0.4, -0.2) is 28.1 Å². The van der Waals surface area contributed by atoms with E-state index in [1.165, 1.54) is 0 Å². The van der Waals surface area contributed by atoms with Crippen molar-refractivity contribution in [2.24, 2.45) is 5.73 Å². The van der Waals surface area contributed by atoms with Crippen LogP contribution in [0.1, 0.15) is 80.5 Å². The molecular formula is C19H29ClN4O2. The van der Waals surface area contributed by atoms with Crippen molar-refractivity contribution in [2.75, 3.05) is 6.54 Å². The molecule has 0 spiro atoms. The second kappa shape index (κ2) is 8.35. The molecule has 0 unspecified atom stereocenters. The molecule has 0 aromatic carbocycles. The highest BCUT2D eigenvalue weighted by Crippen LogP contribution is 2.40. The van der Waals surface area contributed by atoms with Crippen molar-refractivity contribution >= 4 is 29.4 Å². The Bertz CT molecular complexity index is 758. The molecule has 2 heterocycles. The SMILES string of the molecule is CCCc1noc2nc(C3CC3)cc(C(=O)NC(CC)(CC)CN)c12.Cl. The topological polar surface area (TPSA) is 94.0 Å². The van der Waals surface area contributed by atoms with Crippen LogP contribution in [0, 0.1) is 0 Å². The number of carbonyl (C=O) groups excluding carboxylic acids is 1. The first-order chi connectivity index (χ1) is 12.1. The number of rotatable bonds is 8. The number of pyridine rings is 1. The molecule has 0 saturated heterocycles. The third kappa shape index (κ3) is 3.86. The smallest absolute Gasteiger partial charge is 0.259 e. The van der Waals surface area contributed by atoms with Crippen molar-refractivity contribution in [2.45, 2.75) is 70.8 Å². The average molecular weight is 381 g/mol. The Morgan fingerprint density at radius 3 is 2.58 bits per heavy atom. The van der Waals surface area contributed by atoms with E-state index in [1.807, 2.05) is 6.07 Å². The molecule has 1 amide bonds. The first-order valence-electron chi connectivity index (χ1n) is 9.39. The molecule has 0 bridgehead atoms. The maximum atomic E-state index is 13.1. The summed E-state index contributed by atoms with van der Waals surface area (Å²) in [5.41, 5.74) is 8.42. The van der Waals surface area contributed by atoms with Crippen molar-refractivity contribution in [1.29, 1.82) is 0 Å². The molecule has 1 saturated carbocycles. The molecule has 0 aliphatic heterocycles. The first-order valence-corrected chi connectivity index (χ1v) is 9.39. The molecule has 6 nitrogen and oxygen atoms in total. The predicted octanol–water partition coefficient (Wildman–Crippen LogP) is 3.72. The number of carbonyl (C=O) groups is 1. The van der Waals surface area contributed by atoms with Gasteiger partial charge in [-0.3, -0.25) is 4.79 Å². The number of hydrogen-bond donors (Lipinski definition) is 2. The summed E-state index contributed by atoms with van der Waals surface area (Å²) in [4.78, 5) is 17.7. The van der Waals surface area contributed by atoms with Gasteiger partial charge < -0.3 is 15.6 Å². The highest BCUT2D eigenvalue weighted by molar-refractivity contribution is 6.06. The van der Waals surface area contributed by atoms with Gasteiger partial charge in [-0.05, 0) is 38.2 Å². The highest BCUT2D eigenvalue weighted by Gasteiger charge is 2.32. The number of amides is 1. The van der Waals surface area contributed by atoms with Gasteiger partial charge in [0.2, 0.25) is 0 Å². The molecule has 2 aromatic heterocycles. The minimum atomic E-state index is -0.380. The summed E-state index contributed by atoms with van der Waals surface area (Å²) in [6, 6.07) is 1.93. The number of fused-ring (bicyclic) bond motifs is 1. The van der Waals surface area contributed by atoms with Crippen LogP contribution < -0.4 is 11.1 Å². The summed E-state index contributed by atoms with van der Waals surface area (Å²) in [5, 5.41) is 8.09. The number of nitrogens with two attached hydrogens (primary N) is 1. The van der Waals surface area contributed by atoms with Gasteiger partial charge >= 0.3 is 0 Å². The van der Waals surface area contributed by atoms with Gasteiger partial charge in [0, 0.05) is 18.2 Å². The molecule has 2 aromatic rings. The van der Waals surface area contributed by atoms with Gasteiger partial charge in [-0.1, -0.05) is 32.3 Å². The molecule has 7 heteroatoms. The Labute approximate surface area is 160 Å². The molecule has 1 aliphatic rings. The van der Waals surface area contributed by atoms with Crippen LogP contribution in [0.15, 0.2) is 10.6 Å². The van der Waals surface area contributed by atoms with E-state index in [4.69, 9.17) is 10.3 Å². The molecule has 0 radical (unpaired) electrons. The van der Waals surface area contributed by atoms with Crippen LogP contribution in [-0.2, 0) is 6.42 Å². The second-order valence-electron chi connectivity index (χ2n) is 7.07. The van der Waals surface area contributed by atoms with E-state index in [0.717, 1.165) is 55.3 Å². The number of aromatic nitrogens is 2. The number of aryl methyl sites for hydroxylation is 1. The maximum Gasteiger partial charge on any atom is 0.259 e. The summed E-state index contributed by atoms with van der Waals surface area (Å²) in [7, 11) is 0. The third-order valence-corrected chi connectivity index (χ3v) is 5.39. The highest BCUT2D eigenvalue weighted by atomic mass is 35.5. The third-order valence-electron chi connectivity index (χ3n) is 5.39. The van der Waals surface area contributed by atoms with Crippen molar-refractivity contribution in [3.63, 3.8) is 0 Å². The van der Waals surface area contributed by atoms with E-state index >= 15 is 0 Å². The first kappa shape index (κ1) is 20.6. The van der Waals surface area contributed by atoms with Crippen LogP contribution in [0.3, 0.4) is 0 Å². The Kier molecular flexibility index (Phi) is 6.64. The normalized spacial score (nSPS) is 14.3. The van der Waals surface area contributed by atoms with Gasteiger partial charge in [0.15, 0.2) is 0 Å². The molecule has 0 atom stereocenters. The van der Waals surface area contributed by atoms with E-state index in [-0.39, 0.29) is 23.9 Å². The Morgan fingerprint density at radius 1 is 1.35 bits per heavy atom. The minimum absolute atomic E-state index is 0. The van der Waals surface area contributed by atoms with Crippen LogP contribution in [0.4, 0.5) is 0 Å². The van der Waals surface area contributed by atoms with E-state index in [0.29, 0.717) is 23.7 Å². The fourth-order valence-corrected chi connectivity index (χ4v) is 3.28. The van der Waals surface area contributed by atoms with Gasteiger partial charge in [0.1, 0.15) is 0 Å². The Hall–Kier alpha value is -1.66. The Balaban J connectivity index is 0.00000243. The van der Waals surface area contributed by atoms with Crippen LogP contribution in [0.2, 0.25) is 0 Å². The van der Waals surface area contributed by atoms with E-state index in [9.17, 15) is 4.79 Å². The van der Waals surface area contributed by atoms with Gasteiger partial charge in [-0.25, -0.2) is 4.98 Å². The largest absolute Gasteiger partial charge is 0.345 e. The van der Waals surface area contributed by atoms with Crippen LogP contribution >= 0.6 is 12.4 Å². The van der Waals surface area contributed by atoms with E-state index in [1.54, 1.807) is 0 Å². The Morgan fingerprint density at radius 2 is 2.04 bits per heavy atom. The molecule has 3 rings (SSSR count). The lowest BCUT2D eigenvalue weighted by Gasteiger charge is -2.31. The summed E-state index contributed by atoms with van der Waals surface area (Å²) >= 11 is 0. The quantitative estimate of drug-likeness (QED) is 0.727. The molecule has 144 valence electrons. The van der Waals surface area contributed by atoms with Crippen molar-refractivity contribution in [3.05, 3.63) is 23.0 Å². The van der Waals surface area contributed by atoms with Crippen LogP contribution in [0.5, 0.6) is 0 Å². The zero-order valence-electron chi connectivity index (χ0n) is 15.8. The zero-order chi connectivity index (χ0) is 18.0. The predicted molar refractivity (Wildman–Crippen MR) is 105 cm³/mol. The number of halogens is 1. The molecule has 1 fully saturated rings. The van der Waals surface area contributed by atoms with Crippen molar-refractivity contribution in [1.82, 2.24) is 15.5 Å². The summed E-state index contributed by atoms with van der Waals surface area (Å²) in [6.07, 6.45) is 5.52. The summed E-state index contributed by atoms with van der Waals surface area (Å²) in [5.74, 6) is 0.330. The minimum Gasteiger partial charge on any atom is -0.345 e. The van der Waals surface area contributed by atoms with Crippen molar-refractivity contribution in [3.8, 4) is 0 Å². The number of nitrogens with one attached hydrogen (secondary N) is 1. The maximum absolute atomic E-state index is 13.1. The lowest BCUT2D eigenvalue weighted by Crippen LogP contribution is -2.52. The molecule has 3 N–H and O–H groups in total. The van der Waals surface area contributed by atoms with E-state index < -0.39 is 0 Å². The molecular weight excluding hydrogens is 352 g/mol. The van der Waals surface area contributed by atoms with Gasteiger partial charge in [0.05, 0.1) is 22.2 Å². The standard InChI is InChI=1S/C19H28N4O2.ClH/c1-4-7-14-16-13(17(24)22-19(5-2,6-3)11-20)10-15(12-8-9-12)21-18(16)25-23-14;/h10,12H,4-9,11,20H2,1-3H3,(H,22,24);1H. The van der Waals surface area contributed by atoms with E-state index in [2.05, 4.69) is 36.2 Å².